The Kier molecular flexibility index (Phi) is 11.8. The topological polar surface area (TPSA) is 250 Å². The second-order valence-corrected chi connectivity index (χ2v) is 15.1. The average molecular weight is 781 g/mol. The van der Waals surface area contributed by atoms with Crippen LogP contribution in [0.5, 0.6) is 11.5 Å². The van der Waals surface area contributed by atoms with Crippen molar-refractivity contribution in [3.05, 3.63) is 106 Å². The lowest BCUT2D eigenvalue weighted by Crippen LogP contribution is -2.37. The Bertz CT molecular complexity index is 2410. The maximum Gasteiger partial charge on any atom is 0.329 e. The Labute approximate surface area is 320 Å². The van der Waals surface area contributed by atoms with E-state index in [9.17, 15) is 24.6 Å². The largest absolute Gasteiger partial charge is 0.508 e. The van der Waals surface area contributed by atoms with Gasteiger partial charge >= 0.3 is 5.97 Å². The van der Waals surface area contributed by atoms with Crippen molar-refractivity contribution in [2.24, 2.45) is 16.5 Å². The minimum absolute atomic E-state index is 0.162. The summed E-state index contributed by atoms with van der Waals surface area (Å²) in [5.41, 5.74) is 16.4. The zero-order chi connectivity index (χ0) is 38.4. The van der Waals surface area contributed by atoms with E-state index in [1.807, 2.05) is 12.1 Å². The number of thiazole rings is 2. The van der Waals surface area contributed by atoms with Crippen LogP contribution in [0.15, 0.2) is 89.9 Å². The number of fused-ring (bicyclic) bond motifs is 2. The molecule has 0 fully saturated rings. The van der Waals surface area contributed by atoms with Crippen molar-refractivity contribution in [1.82, 2.24) is 9.97 Å². The highest BCUT2D eigenvalue weighted by atomic mass is 32.2. The van der Waals surface area contributed by atoms with Gasteiger partial charge in [-0.25, -0.2) is 14.8 Å². The monoisotopic (exact) mass is 780 g/mol. The van der Waals surface area contributed by atoms with E-state index in [0.29, 0.717) is 45.0 Å². The SMILES string of the molecule is N#Cc1nc2ccc(NC(=O)C(N)Cc3ccc(O)cc3)cc2s1.NC(Cc1ccc(O)cc1)C(=O)Nc1ccc2nc(C3=NC(C(=O)O)CS3)sc2c1. The van der Waals surface area contributed by atoms with Crippen LogP contribution in [0, 0.1) is 11.3 Å². The average Bonchev–Trinajstić information content (AvgIpc) is 3.92. The number of thioether (sulfide) groups is 1. The van der Waals surface area contributed by atoms with Crippen molar-refractivity contribution >= 4 is 89.1 Å². The fourth-order valence-corrected chi connectivity index (χ4v) is 8.09. The number of carboxylic acids is 1. The normalized spacial score (nSPS) is 14.7. The molecular formula is C37H32N8O6S3. The van der Waals surface area contributed by atoms with E-state index in [0.717, 1.165) is 31.6 Å². The molecule has 0 aliphatic carbocycles. The number of nitriles is 1. The number of hydrogen-bond acceptors (Lipinski definition) is 14. The first-order valence-electron chi connectivity index (χ1n) is 16.3. The summed E-state index contributed by atoms with van der Waals surface area (Å²) in [6.07, 6.45) is 0.717. The van der Waals surface area contributed by atoms with E-state index in [1.54, 1.807) is 78.9 Å². The Hall–Kier alpha value is -5.90. The number of phenolic OH excluding ortho intramolecular Hbond substituents is 2. The number of carbonyl (C=O) groups is 3. The summed E-state index contributed by atoms with van der Waals surface area (Å²) in [6.45, 7) is 0. The molecule has 0 spiro atoms. The van der Waals surface area contributed by atoms with Crippen molar-refractivity contribution in [1.29, 1.82) is 5.26 Å². The molecule has 6 aromatic rings. The zero-order valence-electron chi connectivity index (χ0n) is 28.2. The van der Waals surface area contributed by atoms with Gasteiger partial charge in [0.2, 0.25) is 11.8 Å². The first kappa shape index (κ1) is 37.8. The van der Waals surface area contributed by atoms with E-state index in [4.69, 9.17) is 21.8 Å². The Balaban J connectivity index is 0.000000189. The fourth-order valence-electron chi connectivity index (χ4n) is 5.19. The molecule has 0 radical (unpaired) electrons. The van der Waals surface area contributed by atoms with Crippen LogP contribution in [0.3, 0.4) is 0 Å². The highest BCUT2D eigenvalue weighted by molar-refractivity contribution is 8.15. The summed E-state index contributed by atoms with van der Waals surface area (Å²) in [7, 11) is 0. The van der Waals surface area contributed by atoms with Crippen LogP contribution in [0.4, 0.5) is 11.4 Å². The molecule has 2 amide bonds. The van der Waals surface area contributed by atoms with Crippen LogP contribution in [-0.4, -0.2) is 72.0 Å². The number of aliphatic imine (C=N–C) groups is 1. The molecule has 2 aromatic heterocycles. The number of phenols is 2. The maximum atomic E-state index is 12.5. The smallest absolute Gasteiger partial charge is 0.329 e. The lowest BCUT2D eigenvalue weighted by Gasteiger charge is -2.12. The van der Waals surface area contributed by atoms with Gasteiger partial charge in [-0.1, -0.05) is 24.3 Å². The highest BCUT2D eigenvalue weighted by Crippen LogP contribution is 2.31. The molecule has 0 bridgehead atoms. The summed E-state index contributed by atoms with van der Waals surface area (Å²) < 4.78 is 1.69. The Morgan fingerprint density at radius 3 is 1.76 bits per heavy atom. The number of aliphatic carboxylic acids is 1. The molecule has 3 unspecified atom stereocenters. The number of nitrogens with one attached hydrogen (secondary N) is 2. The highest BCUT2D eigenvalue weighted by Gasteiger charge is 2.27. The molecule has 7 rings (SSSR count). The van der Waals surface area contributed by atoms with Gasteiger partial charge in [-0.15, -0.1) is 34.4 Å². The van der Waals surface area contributed by atoms with Crippen LogP contribution in [0.25, 0.3) is 20.4 Å². The summed E-state index contributed by atoms with van der Waals surface area (Å²) in [6, 6.07) is 23.6. The van der Waals surface area contributed by atoms with Crippen molar-refractivity contribution in [3.8, 4) is 17.6 Å². The summed E-state index contributed by atoms with van der Waals surface area (Å²) >= 11 is 4.06. The molecule has 4 aromatic carbocycles. The molecule has 274 valence electrons. The second-order valence-electron chi connectivity index (χ2n) is 12.0. The van der Waals surface area contributed by atoms with Crippen LogP contribution in [0.1, 0.15) is 21.1 Å². The number of nitrogens with two attached hydrogens (primary N) is 2. The molecule has 0 saturated carbocycles. The van der Waals surface area contributed by atoms with Gasteiger partial charge in [0.05, 0.1) is 32.5 Å². The summed E-state index contributed by atoms with van der Waals surface area (Å²) in [4.78, 5) is 48.7. The number of carboxylic acid groups (broad SMARTS) is 1. The van der Waals surface area contributed by atoms with Gasteiger partial charge in [0.25, 0.3) is 0 Å². The maximum absolute atomic E-state index is 12.5. The van der Waals surface area contributed by atoms with E-state index < -0.39 is 24.1 Å². The van der Waals surface area contributed by atoms with Gasteiger partial charge in [0, 0.05) is 17.1 Å². The Morgan fingerprint density at radius 1 is 0.778 bits per heavy atom. The molecule has 3 heterocycles. The molecular weight excluding hydrogens is 749 g/mol. The van der Waals surface area contributed by atoms with Gasteiger partial charge in [-0.05, 0) is 84.6 Å². The minimum atomic E-state index is -0.938. The third kappa shape index (κ3) is 9.55. The van der Waals surface area contributed by atoms with E-state index in [-0.39, 0.29) is 23.3 Å². The molecule has 54 heavy (non-hydrogen) atoms. The van der Waals surface area contributed by atoms with E-state index in [1.165, 1.54) is 34.4 Å². The number of nitrogens with zero attached hydrogens (tertiary/aromatic N) is 4. The number of rotatable bonds is 10. The van der Waals surface area contributed by atoms with Crippen LogP contribution in [0.2, 0.25) is 0 Å². The van der Waals surface area contributed by atoms with Crippen LogP contribution < -0.4 is 22.1 Å². The predicted molar refractivity (Wildman–Crippen MR) is 211 cm³/mol. The van der Waals surface area contributed by atoms with Crippen LogP contribution in [-0.2, 0) is 27.2 Å². The number of carbonyl (C=O) groups excluding carboxylic acids is 2. The third-order valence-corrected chi connectivity index (χ3v) is 11.1. The van der Waals surface area contributed by atoms with Crippen molar-refractivity contribution < 1.29 is 29.7 Å². The summed E-state index contributed by atoms with van der Waals surface area (Å²) in [5.74, 6) is -0.811. The van der Waals surface area contributed by atoms with Crippen molar-refractivity contribution in [2.75, 3.05) is 16.4 Å². The Morgan fingerprint density at radius 2 is 1.28 bits per heavy atom. The predicted octanol–water partition coefficient (Wildman–Crippen LogP) is 4.84. The number of aromatic hydroxyl groups is 2. The lowest BCUT2D eigenvalue weighted by molar-refractivity contribution is -0.137. The summed E-state index contributed by atoms with van der Waals surface area (Å²) in [5, 5.41) is 43.9. The number of hydrogen-bond donors (Lipinski definition) is 7. The molecule has 17 heteroatoms. The van der Waals surface area contributed by atoms with Crippen LogP contribution >= 0.6 is 34.4 Å². The second kappa shape index (κ2) is 16.8. The molecule has 0 saturated heterocycles. The molecule has 1 aliphatic rings. The number of aromatic nitrogens is 2. The number of benzene rings is 4. The standard InChI is InChI=1S/C20H18N4O4S2.C17H14N4O2S/c21-13(7-10-1-4-12(25)5-2-10)17(26)22-11-3-6-14-16(8-11)30-19(23-14)18-24-15(9-29-18)20(27)28;18-9-16-21-14-6-3-11(8-15(14)24-16)20-17(23)13(19)7-10-1-4-12(22)5-2-10/h1-6,8,13,15,25H,7,9,21H2,(H,22,26)(H,27,28);1-6,8,13,22H,7,19H2,(H,20,23). The van der Waals surface area contributed by atoms with Gasteiger partial charge < -0.3 is 37.4 Å². The first-order chi connectivity index (χ1) is 25.9. The molecule has 14 nitrogen and oxygen atoms in total. The molecule has 9 N–H and O–H groups in total. The van der Waals surface area contributed by atoms with E-state index in [2.05, 4.69) is 25.6 Å². The van der Waals surface area contributed by atoms with Crippen molar-refractivity contribution in [2.45, 2.75) is 31.0 Å². The van der Waals surface area contributed by atoms with Crippen molar-refractivity contribution in [3.63, 3.8) is 0 Å². The first-order valence-corrected chi connectivity index (χ1v) is 18.9. The quantitative estimate of drug-likeness (QED) is 0.0987. The lowest BCUT2D eigenvalue weighted by atomic mass is 10.1. The minimum Gasteiger partial charge on any atom is -0.508 e. The van der Waals surface area contributed by atoms with Gasteiger partial charge in [0.1, 0.15) is 27.6 Å². The van der Waals surface area contributed by atoms with Gasteiger partial charge in [-0.3, -0.25) is 14.6 Å². The number of anilines is 2. The third-order valence-electron chi connectivity index (χ3n) is 7.98. The zero-order valence-corrected chi connectivity index (χ0v) is 30.6. The number of amides is 2. The molecule has 3 atom stereocenters. The van der Waals surface area contributed by atoms with Gasteiger partial charge in [-0.2, -0.15) is 5.26 Å². The fraction of sp³-hybridized carbons (Fsp3) is 0.162. The van der Waals surface area contributed by atoms with E-state index >= 15 is 0 Å². The van der Waals surface area contributed by atoms with Gasteiger partial charge in [0.15, 0.2) is 11.0 Å². The molecule has 1 aliphatic heterocycles.